The van der Waals surface area contributed by atoms with Crippen LogP contribution in [0.4, 0.5) is 5.69 Å². The Morgan fingerprint density at radius 3 is 2.40 bits per heavy atom. The van der Waals surface area contributed by atoms with Crippen molar-refractivity contribution >= 4 is 28.1 Å². The lowest BCUT2D eigenvalue weighted by Gasteiger charge is -2.03. The van der Waals surface area contributed by atoms with Gasteiger partial charge in [-0.05, 0) is 17.0 Å². The first-order valence-corrected chi connectivity index (χ1v) is 4.98. The molecule has 2 rings (SSSR count). The molecule has 2 aromatic carbocycles. The number of hydrogen-bond donors (Lipinski definition) is 0. The number of fused-ring (bicyclic) bond motifs is 1. The molecule has 0 atom stereocenters. The normalized spacial score (nSPS) is 10.5. The van der Waals surface area contributed by atoms with Crippen LogP contribution in [-0.4, -0.2) is 4.92 Å². The molecule has 0 aliphatic heterocycles. The molecule has 3 nitrogen and oxygen atoms in total. The lowest BCUT2D eigenvalue weighted by molar-refractivity contribution is -0.383. The van der Waals surface area contributed by atoms with Gasteiger partial charge in [-0.2, -0.15) is 0 Å². The summed E-state index contributed by atoms with van der Waals surface area (Å²) in [5, 5.41) is 12.3. The molecule has 0 bridgehead atoms. The van der Waals surface area contributed by atoms with Crippen molar-refractivity contribution in [3.05, 3.63) is 52.1 Å². The maximum Gasteiger partial charge on any atom is 0.277 e. The maximum atomic E-state index is 10.8. The van der Waals surface area contributed by atoms with Gasteiger partial charge in [-0.3, -0.25) is 10.1 Å². The van der Waals surface area contributed by atoms with E-state index in [2.05, 4.69) is 0 Å². The average molecular weight is 222 g/mol. The van der Waals surface area contributed by atoms with Gasteiger partial charge in [0.1, 0.15) is 0 Å². The molecule has 0 saturated heterocycles. The van der Waals surface area contributed by atoms with Gasteiger partial charge in [0.15, 0.2) is 0 Å². The highest BCUT2D eigenvalue weighted by atomic mass is 35.5. The topological polar surface area (TPSA) is 43.1 Å². The first kappa shape index (κ1) is 9.93. The smallest absolute Gasteiger partial charge is 0.258 e. The molecule has 0 saturated carbocycles. The first-order valence-electron chi connectivity index (χ1n) is 4.45. The zero-order valence-electron chi connectivity index (χ0n) is 7.81. The molecule has 0 aromatic heterocycles. The molecule has 0 unspecified atom stereocenters. The molecule has 0 N–H and O–H groups in total. The minimum atomic E-state index is -0.375. The Kier molecular flexibility index (Phi) is 2.56. The van der Waals surface area contributed by atoms with Crippen molar-refractivity contribution in [3.63, 3.8) is 0 Å². The van der Waals surface area contributed by atoms with Crippen molar-refractivity contribution in [2.45, 2.75) is 5.88 Å². The largest absolute Gasteiger partial charge is 0.277 e. The molecule has 0 spiro atoms. The van der Waals surface area contributed by atoms with E-state index in [1.807, 2.05) is 12.1 Å². The summed E-state index contributed by atoms with van der Waals surface area (Å²) in [5.41, 5.74) is 1.04. The molecule has 76 valence electrons. The van der Waals surface area contributed by atoms with E-state index in [-0.39, 0.29) is 10.6 Å². The van der Waals surface area contributed by atoms with E-state index >= 15 is 0 Å². The van der Waals surface area contributed by atoms with Crippen molar-refractivity contribution in [2.24, 2.45) is 0 Å². The fourth-order valence-corrected chi connectivity index (χ4v) is 1.85. The number of nitro benzene ring substituents is 1. The third kappa shape index (κ3) is 1.66. The fraction of sp³-hybridized carbons (Fsp3) is 0.0909. The number of benzene rings is 2. The average Bonchev–Trinajstić information content (AvgIpc) is 2.27. The highest BCUT2D eigenvalue weighted by Gasteiger charge is 2.12. The zero-order chi connectivity index (χ0) is 10.8. The summed E-state index contributed by atoms with van der Waals surface area (Å²) in [7, 11) is 0. The molecule has 0 heterocycles. The van der Waals surface area contributed by atoms with Gasteiger partial charge in [-0.1, -0.05) is 24.3 Å². The van der Waals surface area contributed by atoms with Crippen LogP contribution in [0.2, 0.25) is 0 Å². The van der Waals surface area contributed by atoms with E-state index in [9.17, 15) is 10.1 Å². The second-order valence-electron chi connectivity index (χ2n) is 3.18. The molecule has 0 amide bonds. The van der Waals surface area contributed by atoms with Crippen molar-refractivity contribution in [3.8, 4) is 0 Å². The van der Waals surface area contributed by atoms with Gasteiger partial charge in [0, 0.05) is 11.9 Å². The Labute approximate surface area is 91.4 Å². The molecule has 2 aromatic rings. The number of nitro groups is 1. The number of halogens is 1. The summed E-state index contributed by atoms with van der Waals surface area (Å²) in [6.45, 7) is 0. The number of hydrogen-bond acceptors (Lipinski definition) is 2. The summed E-state index contributed by atoms with van der Waals surface area (Å²) < 4.78 is 0. The van der Waals surface area contributed by atoms with Gasteiger partial charge in [-0.25, -0.2) is 0 Å². The maximum absolute atomic E-state index is 10.8. The molecule has 15 heavy (non-hydrogen) atoms. The van der Waals surface area contributed by atoms with E-state index in [1.165, 1.54) is 6.07 Å². The van der Waals surface area contributed by atoms with E-state index in [0.717, 1.165) is 10.9 Å². The Morgan fingerprint density at radius 2 is 1.80 bits per heavy atom. The lowest BCUT2D eigenvalue weighted by Crippen LogP contribution is -1.91. The molecular weight excluding hydrogens is 214 g/mol. The standard InChI is InChI=1S/C11H8ClNO2/c12-7-8-5-6-11(13(14)15)10-4-2-1-3-9(8)10/h1-6H,7H2. The Morgan fingerprint density at radius 1 is 1.13 bits per heavy atom. The molecule has 0 fully saturated rings. The minimum absolute atomic E-state index is 0.125. The van der Waals surface area contributed by atoms with Gasteiger partial charge in [0.2, 0.25) is 0 Å². The van der Waals surface area contributed by atoms with Gasteiger partial charge in [0.05, 0.1) is 10.3 Å². The van der Waals surface area contributed by atoms with Gasteiger partial charge in [-0.15, -0.1) is 11.6 Å². The zero-order valence-corrected chi connectivity index (χ0v) is 8.57. The van der Waals surface area contributed by atoms with E-state index < -0.39 is 0 Å². The highest BCUT2D eigenvalue weighted by molar-refractivity contribution is 6.18. The summed E-state index contributed by atoms with van der Waals surface area (Å²) >= 11 is 5.77. The number of rotatable bonds is 2. The molecule has 4 heteroatoms. The first-order chi connectivity index (χ1) is 7.24. The number of nitrogens with zero attached hydrogens (tertiary/aromatic N) is 1. The quantitative estimate of drug-likeness (QED) is 0.443. The molecular formula is C11H8ClNO2. The summed E-state index contributed by atoms with van der Waals surface area (Å²) in [4.78, 5) is 10.4. The predicted molar refractivity (Wildman–Crippen MR) is 60.2 cm³/mol. The summed E-state index contributed by atoms with van der Waals surface area (Å²) in [5.74, 6) is 0.360. The Bertz CT molecular complexity index is 525. The Hall–Kier alpha value is -1.61. The third-order valence-corrected chi connectivity index (χ3v) is 2.62. The van der Waals surface area contributed by atoms with Crippen LogP contribution in [0, 0.1) is 10.1 Å². The number of alkyl halides is 1. The molecule has 0 aliphatic rings. The van der Waals surface area contributed by atoms with Crippen LogP contribution >= 0.6 is 11.6 Å². The Balaban J connectivity index is 2.83. The van der Waals surface area contributed by atoms with Crippen molar-refractivity contribution in [1.82, 2.24) is 0 Å². The van der Waals surface area contributed by atoms with Crippen LogP contribution < -0.4 is 0 Å². The van der Waals surface area contributed by atoms with Crippen LogP contribution in [0.1, 0.15) is 5.56 Å². The van der Waals surface area contributed by atoms with Crippen LogP contribution in [0.3, 0.4) is 0 Å². The number of non-ortho nitro benzene ring substituents is 1. The second-order valence-corrected chi connectivity index (χ2v) is 3.45. The monoisotopic (exact) mass is 221 g/mol. The van der Waals surface area contributed by atoms with E-state index in [0.29, 0.717) is 11.3 Å². The fourth-order valence-electron chi connectivity index (χ4n) is 1.62. The summed E-state index contributed by atoms with van der Waals surface area (Å²) in [6, 6.07) is 10.4. The van der Waals surface area contributed by atoms with Gasteiger partial charge in [0.25, 0.3) is 5.69 Å². The lowest BCUT2D eigenvalue weighted by atomic mass is 10.0. The van der Waals surface area contributed by atoms with Gasteiger partial charge < -0.3 is 0 Å². The van der Waals surface area contributed by atoms with Crippen molar-refractivity contribution in [1.29, 1.82) is 0 Å². The van der Waals surface area contributed by atoms with Gasteiger partial charge >= 0.3 is 0 Å². The predicted octanol–water partition coefficient (Wildman–Crippen LogP) is 3.49. The summed E-state index contributed by atoms with van der Waals surface area (Å²) in [6.07, 6.45) is 0. The van der Waals surface area contributed by atoms with Crippen molar-refractivity contribution < 1.29 is 4.92 Å². The van der Waals surface area contributed by atoms with Crippen LogP contribution in [0.15, 0.2) is 36.4 Å². The van der Waals surface area contributed by atoms with Crippen LogP contribution in [0.25, 0.3) is 10.8 Å². The van der Waals surface area contributed by atoms with E-state index in [4.69, 9.17) is 11.6 Å². The highest BCUT2D eigenvalue weighted by Crippen LogP contribution is 2.28. The molecule has 0 radical (unpaired) electrons. The minimum Gasteiger partial charge on any atom is -0.258 e. The van der Waals surface area contributed by atoms with Crippen molar-refractivity contribution in [2.75, 3.05) is 0 Å². The van der Waals surface area contributed by atoms with Crippen LogP contribution in [-0.2, 0) is 5.88 Å². The van der Waals surface area contributed by atoms with E-state index in [1.54, 1.807) is 18.2 Å². The SMILES string of the molecule is O=[N+]([O-])c1ccc(CCl)c2ccccc12. The molecule has 0 aliphatic carbocycles. The van der Waals surface area contributed by atoms with Crippen LogP contribution in [0.5, 0.6) is 0 Å². The third-order valence-electron chi connectivity index (χ3n) is 2.33. The second kappa shape index (κ2) is 3.87.